The lowest BCUT2D eigenvalue weighted by Crippen LogP contribution is -2.34. The summed E-state index contributed by atoms with van der Waals surface area (Å²) in [5.74, 6) is -1.95. The second kappa shape index (κ2) is 6.88. The van der Waals surface area contributed by atoms with Crippen LogP contribution in [0.2, 0.25) is 0 Å². The lowest BCUT2D eigenvalue weighted by molar-refractivity contribution is 0.0950. The number of pyridine rings is 2. The van der Waals surface area contributed by atoms with Gasteiger partial charge in [-0.1, -0.05) is 6.07 Å². The van der Waals surface area contributed by atoms with Gasteiger partial charge >= 0.3 is 0 Å². The third-order valence-electron chi connectivity index (χ3n) is 4.87. The number of halogens is 1. The van der Waals surface area contributed by atoms with Gasteiger partial charge < -0.3 is 9.67 Å². The summed E-state index contributed by atoms with van der Waals surface area (Å²) < 4.78 is 15.5. The van der Waals surface area contributed by atoms with E-state index in [1.165, 1.54) is 16.8 Å². The molecule has 3 aromatic rings. The molecule has 1 unspecified atom stereocenters. The lowest BCUT2D eigenvalue weighted by Gasteiger charge is -2.26. The minimum atomic E-state index is -0.871. The molecule has 1 aromatic carbocycles. The number of nitrogens with one attached hydrogen (secondary N) is 1. The van der Waals surface area contributed by atoms with E-state index in [0.717, 1.165) is 6.07 Å². The van der Waals surface area contributed by atoms with Crippen LogP contribution in [-0.4, -0.2) is 26.8 Å². The van der Waals surface area contributed by atoms with Crippen molar-refractivity contribution in [1.29, 1.82) is 0 Å². The summed E-state index contributed by atoms with van der Waals surface area (Å²) in [5, 5.41) is 14.5. The number of hydrogen-bond donors (Lipinski definition) is 2. The van der Waals surface area contributed by atoms with Crippen LogP contribution in [0, 0.1) is 5.82 Å². The van der Waals surface area contributed by atoms with Crippen molar-refractivity contribution in [3.05, 3.63) is 69.5 Å². The molecule has 0 aliphatic carbocycles. The molecule has 0 saturated heterocycles. The van der Waals surface area contributed by atoms with Gasteiger partial charge in [-0.2, -0.15) is 5.10 Å². The molecule has 28 heavy (non-hydrogen) atoms. The lowest BCUT2D eigenvalue weighted by atomic mass is 9.95. The number of rotatable bonds is 3. The number of aryl methyl sites for hydroxylation is 1. The molecule has 142 valence electrons. The summed E-state index contributed by atoms with van der Waals surface area (Å²) in [6.07, 6.45) is 4.12. The quantitative estimate of drug-likeness (QED) is 0.539. The van der Waals surface area contributed by atoms with Gasteiger partial charge in [0.05, 0.1) is 17.4 Å². The average molecular weight is 380 g/mol. The van der Waals surface area contributed by atoms with Crippen molar-refractivity contribution in [3.63, 3.8) is 0 Å². The fourth-order valence-corrected chi connectivity index (χ4v) is 3.55. The van der Waals surface area contributed by atoms with Crippen molar-refractivity contribution in [2.45, 2.75) is 25.8 Å². The highest BCUT2D eigenvalue weighted by atomic mass is 19.1. The molecule has 8 heteroatoms. The maximum Gasteiger partial charge on any atom is 0.280 e. The Labute approximate surface area is 159 Å². The predicted molar refractivity (Wildman–Crippen MR) is 102 cm³/mol. The largest absolute Gasteiger partial charge is 0.506 e. The summed E-state index contributed by atoms with van der Waals surface area (Å²) in [7, 11) is 0. The van der Waals surface area contributed by atoms with Gasteiger partial charge in [-0.05, 0) is 49.6 Å². The van der Waals surface area contributed by atoms with Crippen molar-refractivity contribution in [1.82, 2.24) is 15.0 Å². The van der Waals surface area contributed by atoms with E-state index in [0.29, 0.717) is 29.6 Å². The van der Waals surface area contributed by atoms with Gasteiger partial charge in [0.2, 0.25) is 0 Å². The molecule has 1 atom stereocenters. The van der Waals surface area contributed by atoms with Crippen LogP contribution in [0.15, 0.2) is 46.4 Å². The third kappa shape index (κ3) is 2.92. The van der Waals surface area contributed by atoms with E-state index in [1.54, 1.807) is 24.4 Å². The highest BCUT2D eigenvalue weighted by molar-refractivity contribution is 6.03. The van der Waals surface area contributed by atoms with E-state index < -0.39 is 28.6 Å². The number of amides is 1. The molecule has 0 radical (unpaired) electrons. The van der Waals surface area contributed by atoms with Crippen molar-refractivity contribution in [2.24, 2.45) is 5.10 Å². The van der Waals surface area contributed by atoms with Crippen molar-refractivity contribution in [3.8, 4) is 5.75 Å². The smallest absolute Gasteiger partial charge is 0.280 e. The Bertz CT molecular complexity index is 1170. The minimum absolute atomic E-state index is 0.139. The van der Waals surface area contributed by atoms with E-state index in [9.17, 15) is 19.1 Å². The molecule has 3 heterocycles. The number of benzene rings is 1. The first-order chi connectivity index (χ1) is 13.5. The van der Waals surface area contributed by atoms with E-state index in [-0.39, 0.29) is 11.4 Å². The molecule has 0 spiro atoms. The first-order valence-electron chi connectivity index (χ1n) is 8.81. The van der Waals surface area contributed by atoms with E-state index in [2.05, 4.69) is 15.5 Å². The molecule has 0 fully saturated rings. The van der Waals surface area contributed by atoms with Crippen LogP contribution in [0.5, 0.6) is 5.75 Å². The SMILES string of the molecule is CC1CCc2cc(F)cc3c(O)c(C(=O)NN=Cc4ccccn4)c(=O)n1c23. The van der Waals surface area contributed by atoms with Crippen molar-refractivity contribution in [2.75, 3.05) is 0 Å². The number of hydrazone groups is 1. The van der Waals surface area contributed by atoms with Crippen molar-refractivity contribution < 1.29 is 14.3 Å². The number of carbonyl (C=O) groups is 1. The van der Waals surface area contributed by atoms with Gasteiger partial charge in [-0.3, -0.25) is 14.6 Å². The fraction of sp³-hybridized carbons (Fsp3) is 0.200. The third-order valence-corrected chi connectivity index (χ3v) is 4.87. The Hall–Kier alpha value is -3.55. The summed E-state index contributed by atoms with van der Waals surface area (Å²) in [4.78, 5) is 29.6. The molecule has 0 saturated carbocycles. The van der Waals surface area contributed by atoms with Crippen LogP contribution < -0.4 is 11.0 Å². The molecule has 1 aliphatic heterocycles. The molecular formula is C20H17FN4O3. The Balaban J connectivity index is 1.80. The monoisotopic (exact) mass is 380 g/mol. The van der Waals surface area contributed by atoms with Gasteiger partial charge in [-0.25, -0.2) is 9.82 Å². The number of aromatic hydroxyl groups is 1. The van der Waals surface area contributed by atoms with E-state index in [4.69, 9.17) is 0 Å². The van der Waals surface area contributed by atoms with Gasteiger partial charge in [0.15, 0.2) is 0 Å². The summed E-state index contributed by atoms with van der Waals surface area (Å²) >= 11 is 0. The standard InChI is InChI=1S/C20H17FN4O3/c1-11-5-6-12-8-13(21)9-15-17(12)25(11)20(28)16(18(15)26)19(27)24-23-10-14-4-2-3-7-22-14/h2-4,7-11,26H,5-6H2,1H3,(H,24,27). The molecular weight excluding hydrogens is 363 g/mol. The Morgan fingerprint density at radius 1 is 1.43 bits per heavy atom. The minimum Gasteiger partial charge on any atom is -0.506 e. The average Bonchev–Trinajstić information content (AvgIpc) is 2.67. The molecule has 1 amide bonds. The highest BCUT2D eigenvalue weighted by Gasteiger charge is 2.28. The number of nitrogens with zero attached hydrogens (tertiary/aromatic N) is 3. The number of hydrogen-bond acceptors (Lipinski definition) is 5. The normalized spacial score (nSPS) is 15.9. The first kappa shape index (κ1) is 17.8. The molecule has 1 aliphatic rings. The van der Waals surface area contributed by atoms with Gasteiger partial charge in [0.1, 0.15) is 17.1 Å². The summed E-state index contributed by atoms with van der Waals surface area (Å²) in [6, 6.07) is 7.50. The van der Waals surface area contributed by atoms with E-state index in [1.807, 2.05) is 6.92 Å². The zero-order chi connectivity index (χ0) is 19.8. The zero-order valence-corrected chi connectivity index (χ0v) is 15.0. The summed E-state index contributed by atoms with van der Waals surface area (Å²) in [6.45, 7) is 1.85. The van der Waals surface area contributed by atoms with Crippen LogP contribution in [0.25, 0.3) is 10.9 Å². The van der Waals surface area contributed by atoms with Gasteiger partial charge in [0, 0.05) is 17.6 Å². The van der Waals surface area contributed by atoms with Crippen LogP contribution in [-0.2, 0) is 6.42 Å². The Kier molecular flexibility index (Phi) is 4.38. The molecule has 7 nitrogen and oxygen atoms in total. The highest BCUT2D eigenvalue weighted by Crippen LogP contribution is 2.35. The molecule has 2 N–H and O–H groups in total. The van der Waals surface area contributed by atoms with Crippen LogP contribution >= 0.6 is 0 Å². The molecule has 2 aromatic heterocycles. The van der Waals surface area contributed by atoms with E-state index >= 15 is 0 Å². The second-order valence-electron chi connectivity index (χ2n) is 6.70. The first-order valence-corrected chi connectivity index (χ1v) is 8.81. The molecule has 0 bridgehead atoms. The second-order valence-corrected chi connectivity index (χ2v) is 6.70. The van der Waals surface area contributed by atoms with Gasteiger partial charge in [0.25, 0.3) is 11.5 Å². The van der Waals surface area contributed by atoms with Crippen LogP contribution in [0.1, 0.15) is 41.0 Å². The number of carbonyl (C=O) groups excluding carboxylic acids is 1. The zero-order valence-electron chi connectivity index (χ0n) is 15.0. The Morgan fingerprint density at radius 3 is 3.00 bits per heavy atom. The topological polar surface area (TPSA) is 96.6 Å². The van der Waals surface area contributed by atoms with Crippen LogP contribution in [0.3, 0.4) is 0 Å². The van der Waals surface area contributed by atoms with Gasteiger partial charge in [-0.15, -0.1) is 0 Å². The summed E-state index contributed by atoms with van der Waals surface area (Å²) in [5.41, 5.74) is 2.76. The number of aromatic nitrogens is 2. The fourth-order valence-electron chi connectivity index (χ4n) is 3.55. The Morgan fingerprint density at radius 2 is 2.25 bits per heavy atom. The molecule has 4 rings (SSSR count). The maximum absolute atomic E-state index is 14.0. The maximum atomic E-state index is 14.0. The predicted octanol–water partition coefficient (Wildman–Crippen LogP) is 2.51. The van der Waals surface area contributed by atoms with Crippen molar-refractivity contribution >= 4 is 23.0 Å². The van der Waals surface area contributed by atoms with Crippen LogP contribution in [0.4, 0.5) is 4.39 Å².